The van der Waals surface area contributed by atoms with E-state index >= 15 is 0 Å². The first kappa shape index (κ1) is 17.5. The Morgan fingerprint density at radius 3 is 2.56 bits per heavy atom. The largest absolute Gasteiger partial charge is 0.491 e. The summed E-state index contributed by atoms with van der Waals surface area (Å²) in [5.74, 6) is 2.35. The summed E-state index contributed by atoms with van der Waals surface area (Å²) in [5, 5.41) is 0. The highest BCUT2D eigenvalue weighted by Gasteiger charge is 2.26. The first-order valence-electron chi connectivity index (χ1n) is 8.96. The number of anilines is 1. The Bertz CT molecular complexity index is 731. The molecule has 0 aromatic heterocycles. The van der Waals surface area contributed by atoms with Crippen LogP contribution in [0.4, 0.5) is 11.4 Å². The lowest BCUT2D eigenvalue weighted by Crippen LogP contribution is -2.29. The fraction of sp³-hybridized carbons (Fsp3) is 0.450. The van der Waals surface area contributed by atoms with Gasteiger partial charge in [0, 0.05) is 37.0 Å². The number of ether oxygens (including phenoxy) is 2. The lowest BCUT2D eigenvalue weighted by atomic mass is 10.0. The maximum atomic E-state index is 6.23. The van der Waals surface area contributed by atoms with Crippen LogP contribution in [0.1, 0.15) is 20.8 Å². The second-order valence-corrected chi connectivity index (χ2v) is 6.34. The summed E-state index contributed by atoms with van der Waals surface area (Å²) in [6.45, 7) is 8.75. The molecule has 1 aromatic rings. The van der Waals surface area contributed by atoms with Gasteiger partial charge in [-0.15, -0.1) is 0 Å². The highest BCUT2D eigenvalue weighted by molar-refractivity contribution is 6.11. The minimum atomic E-state index is 0.216. The van der Waals surface area contributed by atoms with Crippen LogP contribution in [0.5, 0.6) is 11.5 Å². The maximum Gasteiger partial charge on any atom is 0.159 e. The second-order valence-electron chi connectivity index (χ2n) is 6.34. The molecule has 0 radical (unpaired) electrons. The Morgan fingerprint density at radius 1 is 1.16 bits per heavy atom. The molecule has 134 valence electrons. The molecule has 25 heavy (non-hydrogen) atoms. The van der Waals surface area contributed by atoms with Crippen LogP contribution in [0.25, 0.3) is 0 Å². The SMILES string of the molecule is CCOc1cc(N(CC)CC)cc2c1N=C1C=CC(N(C)C)C=C1O2. The van der Waals surface area contributed by atoms with Crippen LogP contribution in [-0.4, -0.2) is 50.4 Å². The van der Waals surface area contributed by atoms with Crippen molar-refractivity contribution in [3.8, 4) is 11.5 Å². The molecule has 2 aliphatic rings. The Labute approximate surface area is 150 Å². The molecule has 0 spiro atoms. The molecule has 0 saturated heterocycles. The molecular formula is C20H27N3O2. The van der Waals surface area contributed by atoms with E-state index in [9.17, 15) is 0 Å². The molecule has 0 fully saturated rings. The van der Waals surface area contributed by atoms with Crippen LogP contribution in [0, 0.1) is 0 Å². The molecule has 0 amide bonds. The van der Waals surface area contributed by atoms with E-state index in [1.54, 1.807) is 0 Å². The minimum Gasteiger partial charge on any atom is -0.491 e. The summed E-state index contributed by atoms with van der Waals surface area (Å²) in [6, 6.07) is 4.34. The zero-order valence-electron chi connectivity index (χ0n) is 15.7. The highest BCUT2D eigenvalue weighted by Crippen LogP contribution is 2.45. The van der Waals surface area contributed by atoms with Gasteiger partial charge >= 0.3 is 0 Å². The molecule has 0 N–H and O–H groups in total. The number of hydrogen-bond acceptors (Lipinski definition) is 5. The maximum absolute atomic E-state index is 6.23. The van der Waals surface area contributed by atoms with Crippen LogP contribution >= 0.6 is 0 Å². The third kappa shape index (κ3) is 3.42. The summed E-state index contributed by atoms with van der Waals surface area (Å²) >= 11 is 0. The van der Waals surface area contributed by atoms with E-state index < -0.39 is 0 Å². The van der Waals surface area contributed by atoms with Gasteiger partial charge in [0.1, 0.15) is 11.4 Å². The standard InChI is InChI=1S/C20H27N3O2/c1-6-23(7-2)15-12-18(24-8-3)20-19(13-15)25-17-11-14(22(4)5)9-10-16(17)21-20/h9-14H,6-8H2,1-5H3. The van der Waals surface area contributed by atoms with Crippen molar-refractivity contribution in [3.05, 3.63) is 36.1 Å². The Kier molecular flexibility index (Phi) is 5.13. The lowest BCUT2D eigenvalue weighted by Gasteiger charge is -2.28. The van der Waals surface area contributed by atoms with Crippen molar-refractivity contribution in [2.75, 3.05) is 38.7 Å². The van der Waals surface area contributed by atoms with E-state index in [-0.39, 0.29) is 6.04 Å². The van der Waals surface area contributed by atoms with Crippen LogP contribution < -0.4 is 14.4 Å². The minimum absolute atomic E-state index is 0.216. The van der Waals surface area contributed by atoms with Crippen molar-refractivity contribution in [1.29, 1.82) is 0 Å². The molecule has 5 heteroatoms. The van der Waals surface area contributed by atoms with E-state index in [0.717, 1.165) is 47.4 Å². The number of benzene rings is 1. The molecule has 1 atom stereocenters. The zero-order valence-corrected chi connectivity index (χ0v) is 15.7. The van der Waals surface area contributed by atoms with Gasteiger partial charge in [0.15, 0.2) is 17.3 Å². The highest BCUT2D eigenvalue weighted by atomic mass is 16.5. The predicted octanol–water partition coefficient (Wildman–Crippen LogP) is 3.78. The summed E-state index contributed by atoms with van der Waals surface area (Å²) < 4.78 is 12.1. The molecular weight excluding hydrogens is 314 g/mol. The Hall–Kier alpha value is -2.27. The summed E-state index contributed by atoms with van der Waals surface area (Å²) in [6.07, 6.45) is 6.25. The van der Waals surface area contributed by atoms with Crippen molar-refractivity contribution < 1.29 is 9.47 Å². The third-order valence-electron chi connectivity index (χ3n) is 4.53. The van der Waals surface area contributed by atoms with E-state index in [2.05, 4.69) is 62.0 Å². The third-order valence-corrected chi connectivity index (χ3v) is 4.53. The molecule has 3 rings (SSSR count). The fourth-order valence-corrected chi connectivity index (χ4v) is 3.10. The number of allylic oxidation sites excluding steroid dienone is 1. The smallest absolute Gasteiger partial charge is 0.159 e. The zero-order chi connectivity index (χ0) is 18.0. The van der Waals surface area contributed by atoms with E-state index in [1.165, 1.54) is 0 Å². The van der Waals surface area contributed by atoms with Gasteiger partial charge in [-0.25, -0.2) is 4.99 Å². The van der Waals surface area contributed by atoms with Crippen LogP contribution in [-0.2, 0) is 0 Å². The van der Waals surface area contributed by atoms with Gasteiger partial charge in [-0.1, -0.05) is 6.08 Å². The first-order chi connectivity index (χ1) is 12.1. The topological polar surface area (TPSA) is 37.3 Å². The first-order valence-corrected chi connectivity index (χ1v) is 8.96. The average Bonchev–Trinajstić information content (AvgIpc) is 2.61. The number of fused-ring (bicyclic) bond motifs is 2. The molecule has 1 heterocycles. The number of likely N-dealkylation sites (N-methyl/N-ethyl adjacent to an activating group) is 1. The van der Waals surface area contributed by atoms with Gasteiger partial charge in [0.25, 0.3) is 0 Å². The van der Waals surface area contributed by atoms with Crippen molar-refractivity contribution >= 4 is 17.1 Å². The van der Waals surface area contributed by atoms with E-state index in [1.807, 2.05) is 13.0 Å². The Balaban J connectivity index is 2.06. The summed E-state index contributed by atoms with van der Waals surface area (Å²) in [7, 11) is 4.10. The van der Waals surface area contributed by atoms with Gasteiger partial charge < -0.3 is 14.4 Å². The predicted molar refractivity (Wildman–Crippen MR) is 104 cm³/mol. The quantitative estimate of drug-likeness (QED) is 0.789. The van der Waals surface area contributed by atoms with Crippen LogP contribution in [0.3, 0.4) is 0 Å². The van der Waals surface area contributed by atoms with Crippen LogP contribution in [0.15, 0.2) is 41.1 Å². The Morgan fingerprint density at radius 2 is 1.92 bits per heavy atom. The molecule has 1 unspecified atom stereocenters. The molecule has 0 bridgehead atoms. The van der Waals surface area contributed by atoms with Crippen molar-refractivity contribution in [1.82, 2.24) is 4.90 Å². The average molecular weight is 341 g/mol. The summed E-state index contributed by atoms with van der Waals surface area (Å²) in [4.78, 5) is 9.22. The fourth-order valence-electron chi connectivity index (χ4n) is 3.10. The monoisotopic (exact) mass is 341 g/mol. The molecule has 1 aromatic carbocycles. The lowest BCUT2D eigenvalue weighted by molar-refractivity contribution is 0.337. The van der Waals surface area contributed by atoms with E-state index in [0.29, 0.717) is 6.61 Å². The summed E-state index contributed by atoms with van der Waals surface area (Å²) in [5.41, 5.74) is 2.72. The second kappa shape index (κ2) is 7.31. The van der Waals surface area contributed by atoms with Crippen molar-refractivity contribution in [2.45, 2.75) is 26.8 Å². The molecule has 5 nitrogen and oxygen atoms in total. The number of nitrogens with zero attached hydrogens (tertiary/aromatic N) is 3. The van der Waals surface area contributed by atoms with Gasteiger partial charge in [0.2, 0.25) is 0 Å². The normalized spacial score (nSPS) is 18.1. The number of aliphatic imine (C=N–C) groups is 1. The van der Waals surface area contributed by atoms with Gasteiger partial charge in [-0.2, -0.15) is 0 Å². The molecule has 1 aliphatic carbocycles. The van der Waals surface area contributed by atoms with Crippen molar-refractivity contribution in [2.24, 2.45) is 4.99 Å². The number of rotatable bonds is 6. The van der Waals surface area contributed by atoms with Gasteiger partial charge in [-0.05, 0) is 47.0 Å². The van der Waals surface area contributed by atoms with Crippen molar-refractivity contribution in [3.63, 3.8) is 0 Å². The van der Waals surface area contributed by atoms with Gasteiger partial charge in [-0.3, -0.25) is 4.90 Å². The van der Waals surface area contributed by atoms with Gasteiger partial charge in [0.05, 0.1) is 6.61 Å². The van der Waals surface area contributed by atoms with Crippen LogP contribution in [0.2, 0.25) is 0 Å². The molecule has 0 saturated carbocycles. The molecule has 1 aliphatic heterocycles. The number of hydrogen-bond donors (Lipinski definition) is 0. The van der Waals surface area contributed by atoms with E-state index in [4.69, 9.17) is 14.5 Å².